The second-order valence-electron chi connectivity index (χ2n) is 33.4. The van der Waals surface area contributed by atoms with Gasteiger partial charge in [0.1, 0.15) is 73.2 Å². The number of aliphatic hydroxyl groups is 11. The minimum absolute atomic E-state index is 0.229. The number of amides is 1. The molecule has 0 radical (unpaired) electrons. The Kier molecular flexibility index (Phi) is 70.5. The Morgan fingerprint density at radius 2 is 0.593 bits per heavy atom. The van der Waals surface area contributed by atoms with Gasteiger partial charge in [-0.3, -0.25) is 4.79 Å². The molecule has 3 saturated heterocycles. The number of hydrogen-bond donors (Lipinski definition) is 12. The zero-order valence-electron chi connectivity index (χ0n) is 73.9. The molecule has 17 atom stereocenters. The van der Waals surface area contributed by atoms with Crippen LogP contribution in [0, 0.1) is 0 Å². The van der Waals surface area contributed by atoms with Crippen molar-refractivity contribution in [1.82, 2.24) is 5.32 Å². The summed E-state index contributed by atoms with van der Waals surface area (Å²) in [6.45, 7) is 1.64. The van der Waals surface area contributed by atoms with Crippen molar-refractivity contribution in [1.29, 1.82) is 0 Å². The van der Waals surface area contributed by atoms with E-state index < -0.39 is 124 Å². The summed E-state index contributed by atoms with van der Waals surface area (Å²) in [5.74, 6) is -0.287. The topological polar surface area (TPSA) is 307 Å². The van der Waals surface area contributed by atoms with E-state index in [4.69, 9.17) is 28.4 Å². The summed E-state index contributed by atoms with van der Waals surface area (Å²) in [6.07, 6.45) is 83.7. The molecule has 1 amide bonds. The number of rotatable bonds is 77. The van der Waals surface area contributed by atoms with Crippen molar-refractivity contribution in [3.63, 3.8) is 0 Å². The Hall–Kier alpha value is -3.81. The Morgan fingerprint density at radius 1 is 0.314 bits per heavy atom. The molecule has 0 saturated carbocycles. The van der Waals surface area contributed by atoms with E-state index in [0.29, 0.717) is 12.8 Å². The first-order chi connectivity index (χ1) is 57.8. The maximum Gasteiger partial charge on any atom is 0.220 e. The molecule has 3 aliphatic heterocycles. The van der Waals surface area contributed by atoms with Crippen molar-refractivity contribution in [2.24, 2.45) is 0 Å². The van der Waals surface area contributed by atoms with E-state index in [1.807, 2.05) is 6.08 Å². The van der Waals surface area contributed by atoms with E-state index in [-0.39, 0.29) is 18.9 Å². The Balaban J connectivity index is 1.31. The van der Waals surface area contributed by atoms with Crippen molar-refractivity contribution in [3.05, 3.63) is 122 Å². The molecule has 3 rings (SSSR count). The van der Waals surface area contributed by atoms with Gasteiger partial charge in [-0.25, -0.2) is 0 Å². The van der Waals surface area contributed by atoms with Gasteiger partial charge in [-0.2, -0.15) is 0 Å². The number of carbonyl (C=O) groups excluding carboxylic acids is 1. The van der Waals surface area contributed by atoms with E-state index in [0.717, 1.165) is 89.9 Å². The Labute approximate surface area is 716 Å². The minimum atomic E-state index is -1.99. The van der Waals surface area contributed by atoms with Crippen LogP contribution in [0.3, 0.4) is 0 Å². The van der Waals surface area contributed by atoms with E-state index in [9.17, 15) is 61.0 Å². The molecule has 0 aromatic rings. The van der Waals surface area contributed by atoms with Gasteiger partial charge in [0.2, 0.25) is 5.91 Å². The fourth-order valence-corrected chi connectivity index (χ4v) is 15.4. The third-order valence-electron chi connectivity index (χ3n) is 23.0. The van der Waals surface area contributed by atoms with Crippen molar-refractivity contribution >= 4 is 5.91 Å². The van der Waals surface area contributed by atoms with E-state index in [1.165, 1.54) is 244 Å². The van der Waals surface area contributed by atoms with Crippen LogP contribution in [0.15, 0.2) is 122 Å². The molecule has 3 heterocycles. The first-order valence-electron chi connectivity index (χ1n) is 47.8. The number of allylic oxidation sites excluding steroid dienone is 19. The summed E-state index contributed by atoms with van der Waals surface area (Å²) in [4.78, 5) is 13.5. The lowest BCUT2D eigenvalue weighted by Crippen LogP contribution is -2.66. The average molecular weight is 1670 g/mol. The molecule has 3 fully saturated rings. The number of unbranched alkanes of at least 4 members (excludes halogenated alkanes) is 43. The van der Waals surface area contributed by atoms with Gasteiger partial charge >= 0.3 is 0 Å². The minimum Gasteiger partial charge on any atom is -0.394 e. The highest BCUT2D eigenvalue weighted by Crippen LogP contribution is 2.34. The molecule has 19 heteroatoms. The van der Waals surface area contributed by atoms with Crippen LogP contribution < -0.4 is 5.32 Å². The normalized spacial score (nSPS) is 24.8. The number of aliphatic hydroxyl groups excluding tert-OH is 11. The molecule has 0 aromatic carbocycles. The quantitative estimate of drug-likeness (QED) is 0.0199. The van der Waals surface area contributed by atoms with Gasteiger partial charge in [0.25, 0.3) is 0 Å². The molecular formula is C99H173NO18. The molecule has 0 bridgehead atoms. The molecule has 3 aliphatic rings. The van der Waals surface area contributed by atoms with Crippen molar-refractivity contribution in [2.45, 2.75) is 471 Å². The number of nitrogens with one attached hydrogen (secondary N) is 1. The average Bonchev–Trinajstić information content (AvgIpc) is 0.777. The maximum atomic E-state index is 13.5. The zero-order chi connectivity index (χ0) is 85.2. The Morgan fingerprint density at radius 3 is 0.949 bits per heavy atom. The highest BCUT2D eigenvalue weighted by molar-refractivity contribution is 5.76. The lowest BCUT2D eigenvalue weighted by atomic mass is 9.96. The monoisotopic (exact) mass is 1660 g/mol. The molecule has 12 N–H and O–H groups in total. The number of hydrogen-bond acceptors (Lipinski definition) is 18. The first-order valence-corrected chi connectivity index (χ1v) is 47.8. The number of carbonyl (C=O) groups is 1. The third-order valence-corrected chi connectivity index (χ3v) is 23.0. The van der Waals surface area contributed by atoms with E-state index >= 15 is 0 Å². The molecule has 19 nitrogen and oxygen atoms in total. The summed E-state index contributed by atoms with van der Waals surface area (Å²) in [5.41, 5.74) is 0. The first kappa shape index (κ1) is 108. The standard InChI is InChI=1S/C99H173NO18/c1-3-5-7-9-11-13-15-17-19-21-23-25-27-29-31-33-35-37-38-39-40-41-42-43-44-45-47-49-51-53-55-57-59-61-63-65-67-69-71-73-75-77-87(105)100-82(83(104)76-74-72-70-68-66-64-62-60-58-56-54-52-50-48-46-36-34-32-30-28-26-24-22-20-18-16-14-12-10-8-6-4-2)81-113-97-93(111)90(108)95(85(79-102)115-97)118-99-94(112)91(109)96(86(80-103)116-99)117-98-92(110)89(107)88(106)84(78-101)114-98/h5,7,11,13,17,19,23,25,29,31,35,37,39-40,58,60,66,68,74,76,82-86,88-99,101-104,106-112H,3-4,6,8-10,12,14-16,18,20-22,24,26-28,30,32-34,36,38,41-57,59,61-65,67,69-73,75,77-81H2,1-2H3,(H,100,105)/b7-5-,13-11-,19-17-,25-23-,31-29-,37-35-,40-39-,60-58+,68-66+,76-74+. The molecule has 118 heavy (non-hydrogen) atoms. The molecule has 0 aromatic heterocycles. The van der Waals surface area contributed by atoms with Gasteiger partial charge in [0, 0.05) is 6.42 Å². The second-order valence-corrected chi connectivity index (χ2v) is 33.4. The van der Waals surface area contributed by atoms with Gasteiger partial charge in [0.05, 0.1) is 38.6 Å². The van der Waals surface area contributed by atoms with E-state index in [1.54, 1.807) is 6.08 Å². The van der Waals surface area contributed by atoms with Crippen LogP contribution >= 0.6 is 0 Å². The largest absolute Gasteiger partial charge is 0.394 e. The van der Waals surface area contributed by atoms with Gasteiger partial charge in [0.15, 0.2) is 18.9 Å². The summed E-state index contributed by atoms with van der Waals surface area (Å²) in [6, 6.07) is -1.00. The van der Waals surface area contributed by atoms with Gasteiger partial charge in [-0.05, 0) is 103 Å². The van der Waals surface area contributed by atoms with Crippen LogP contribution in [0.2, 0.25) is 0 Å². The van der Waals surface area contributed by atoms with Crippen LogP contribution in [0.5, 0.6) is 0 Å². The molecule has 682 valence electrons. The number of ether oxygens (including phenoxy) is 6. The highest BCUT2D eigenvalue weighted by Gasteiger charge is 2.54. The lowest BCUT2D eigenvalue weighted by Gasteiger charge is -2.48. The molecular weight excluding hydrogens is 1490 g/mol. The molecule has 0 aliphatic carbocycles. The van der Waals surface area contributed by atoms with Gasteiger partial charge < -0.3 is 89.9 Å². The van der Waals surface area contributed by atoms with E-state index in [2.05, 4.69) is 129 Å². The second kappa shape index (κ2) is 76.8. The maximum absolute atomic E-state index is 13.5. The van der Waals surface area contributed by atoms with Crippen LogP contribution in [0.4, 0.5) is 0 Å². The van der Waals surface area contributed by atoms with Crippen molar-refractivity contribution < 1.29 is 89.4 Å². The third kappa shape index (κ3) is 54.1. The fourth-order valence-electron chi connectivity index (χ4n) is 15.4. The molecule has 17 unspecified atom stereocenters. The Bertz CT molecular complexity index is 2600. The van der Waals surface area contributed by atoms with Gasteiger partial charge in [-0.15, -0.1) is 0 Å². The zero-order valence-corrected chi connectivity index (χ0v) is 73.9. The fraction of sp³-hybridized carbons (Fsp3) is 0.788. The van der Waals surface area contributed by atoms with Crippen LogP contribution in [-0.2, 0) is 33.2 Å². The predicted molar refractivity (Wildman–Crippen MR) is 480 cm³/mol. The van der Waals surface area contributed by atoms with Crippen LogP contribution in [0.1, 0.15) is 367 Å². The SMILES string of the molecule is CC/C=C\C/C=C\C/C=C\C/C=C\C/C=C\C/C=C\C/C=C\CCCCCCCCCCCCCCCCCCCCCC(=O)NC(COC1OC(CO)C(OC2OC(CO)C(OC3OC(CO)C(O)C(O)C3O)C(O)C2O)C(O)C1O)C(O)/C=C/CC/C=C/CC/C=C/CCCCCCCCCCCCCCCCCCCCCCCC. The van der Waals surface area contributed by atoms with Crippen molar-refractivity contribution in [3.8, 4) is 0 Å². The summed E-state index contributed by atoms with van der Waals surface area (Å²) in [7, 11) is 0. The summed E-state index contributed by atoms with van der Waals surface area (Å²) in [5, 5.41) is 121. The van der Waals surface area contributed by atoms with Crippen molar-refractivity contribution in [2.75, 3.05) is 26.4 Å². The predicted octanol–water partition coefficient (Wildman–Crippen LogP) is 19.4. The summed E-state index contributed by atoms with van der Waals surface area (Å²) >= 11 is 0. The lowest BCUT2D eigenvalue weighted by molar-refractivity contribution is -0.379. The van der Waals surface area contributed by atoms with Crippen LogP contribution in [-0.4, -0.2) is 193 Å². The highest BCUT2D eigenvalue weighted by atomic mass is 16.8. The van der Waals surface area contributed by atoms with Gasteiger partial charge in [-0.1, -0.05) is 379 Å². The molecule has 0 spiro atoms. The summed E-state index contributed by atoms with van der Waals surface area (Å²) < 4.78 is 34.5. The van der Waals surface area contributed by atoms with Crippen LogP contribution in [0.25, 0.3) is 0 Å². The smallest absolute Gasteiger partial charge is 0.220 e.